The summed E-state index contributed by atoms with van der Waals surface area (Å²) < 4.78 is 5.48. The van der Waals surface area contributed by atoms with Crippen LogP contribution >= 0.6 is 22.9 Å². The second-order valence-corrected chi connectivity index (χ2v) is 6.37. The van der Waals surface area contributed by atoms with Crippen LogP contribution in [0.1, 0.15) is 6.92 Å². The van der Waals surface area contributed by atoms with Gasteiger partial charge in [0.2, 0.25) is 5.13 Å². The van der Waals surface area contributed by atoms with Gasteiger partial charge in [-0.1, -0.05) is 35.1 Å². The number of benzene rings is 2. The van der Waals surface area contributed by atoms with Gasteiger partial charge in [-0.05, 0) is 43.3 Å². The first-order chi connectivity index (χ1) is 12.1. The Kier molecular flexibility index (Phi) is 5.47. The average molecular weight is 375 g/mol. The third-order valence-electron chi connectivity index (χ3n) is 3.14. The van der Waals surface area contributed by atoms with Crippen molar-refractivity contribution >= 4 is 39.8 Å². The number of ether oxygens (including phenoxy) is 1. The number of rotatable bonds is 5. The summed E-state index contributed by atoms with van der Waals surface area (Å²) in [7, 11) is 0. The van der Waals surface area contributed by atoms with E-state index >= 15 is 0 Å². The van der Waals surface area contributed by atoms with Gasteiger partial charge in [0.25, 0.3) is 0 Å². The largest absolute Gasteiger partial charge is 0.494 e. The van der Waals surface area contributed by atoms with Crippen molar-refractivity contribution in [2.24, 2.45) is 0 Å². The molecule has 3 rings (SSSR count). The molecular weight excluding hydrogens is 360 g/mol. The standard InChI is InChI=1S/C17H15ClN4O2S/c1-2-24-14-5-3-4-11(10-14)15-21-22-17(25-15)20-16(23)19-13-8-6-12(18)7-9-13/h3-10H,2H2,1H3,(H2,19,20,22,23). The van der Waals surface area contributed by atoms with Crippen molar-refractivity contribution < 1.29 is 9.53 Å². The third-order valence-corrected chi connectivity index (χ3v) is 4.28. The monoisotopic (exact) mass is 374 g/mol. The van der Waals surface area contributed by atoms with E-state index in [1.165, 1.54) is 11.3 Å². The van der Waals surface area contributed by atoms with E-state index in [1.807, 2.05) is 31.2 Å². The molecule has 2 amide bonds. The molecule has 0 radical (unpaired) electrons. The van der Waals surface area contributed by atoms with Crippen LogP contribution in [0.4, 0.5) is 15.6 Å². The van der Waals surface area contributed by atoms with Gasteiger partial charge >= 0.3 is 6.03 Å². The van der Waals surface area contributed by atoms with Crippen molar-refractivity contribution in [1.82, 2.24) is 10.2 Å². The molecule has 0 aliphatic heterocycles. The topological polar surface area (TPSA) is 76.1 Å². The molecule has 0 aliphatic rings. The van der Waals surface area contributed by atoms with Crippen LogP contribution in [0.15, 0.2) is 48.5 Å². The molecule has 0 atom stereocenters. The first-order valence-electron chi connectivity index (χ1n) is 7.54. The van der Waals surface area contributed by atoms with Gasteiger partial charge in [-0.3, -0.25) is 5.32 Å². The number of halogens is 1. The van der Waals surface area contributed by atoms with Crippen LogP contribution < -0.4 is 15.4 Å². The molecule has 128 valence electrons. The van der Waals surface area contributed by atoms with Crippen molar-refractivity contribution in [2.45, 2.75) is 6.92 Å². The lowest BCUT2D eigenvalue weighted by Gasteiger charge is -2.04. The molecule has 2 N–H and O–H groups in total. The van der Waals surface area contributed by atoms with Crippen LogP contribution in [0.25, 0.3) is 10.6 Å². The Morgan fingerprint density at radius 3 is 2.72 bits per heavy atom. The van der Waals surface area contributed by atoms with Gasteiger partial charge in [-0.2, -0.15) is 0 Å². The van der Waals surface area contributed by atoms with Gasteiger partial charge < -0.3 is 10.1 Å². The lowest BCUT2D eigenvalue weighted by atomic mass is 10.2. The van der Waals surface area contributed by atoms with Crippen LogP contribution in [0.3, 0.4) is 0 Å². The van der Waals surface area contributed by atoms with E-state index in [0.717, 1.165) is 11.3 Å². The Labute approximate surface area is 153 Å². The number of nitrogens with zero attached hydrogens (tertiary/aromatic N) is 2. The summed E-state index contributed by atoms with van der Waals surface area (Å²) in [5.74, 6) is 0.769. The van der Waals surface area contributed by atoms with Crippen molar-refractivity contribution in [3.63, 3.8) is 0 Å². The first-order valence-corrected chi connectivity index (χ1v) is 8.74. The van der Waals surface area contributed by atoms with Gasteiger partial charge in [0.05, 0.1) is 6.61 Å². The van der Waals surface area contributed by atoms with E-state index < -0.39 is 6.03 Å². The Hall–Kier alpha value is -2.64. The first kappa shape index (κ1) is 17.2. The zero-order chi connectivity index (χ0) is 17.6. The van der Waals surface area contributed by atoms with E-state index in [1.54, 1.807) is 24.3 Å². The highest BCUT2D eigenvalue weighted by Gasteiger charge is 2.10. The molecule has 1 heterocycles. The SMILES string of the molecule is CCOc1cccc(-c2nnc(NC(=O)Nc3ccc(Cl)cc3)s2)c1. The molecular formula is C17H15ClN4O2S. The number of carbonyl (C=O) groups excluding carboxylic acids is 1. The van der Waals surface area contributed by atoms with E-state index in [2.05, 4.69) is 20.8 Å². The molecule has 1 aromatic heterocycles. The maximum absolute atomic E-state index is 12.0. The summed E-state index contributed by atoms with van der Waals surface area (Å²) in [4.78, 5) is 12.0. The predicted molar refractivity (Wildman–Crippen MR) is 101 cm³/mol. The fraction of sp³-hybridized carbons (Fsp3) is 0.118. The molecule has 0 aliphatic carbocycles. The van der Waals surface area contributed by atoms with Gasteiger partial charge in [-0.15, -0.1) is 10.2 Å². The maximum Gasteiger partial charge on any atom is 0.325 e. The molecule has 2 aromatic carbocycles. The Morgan fingerprint density at radius 2 is 1.96 bits per heavy atom. The number of amides is 2. The highest BCUT2D eigenvalue weighted by Crippen LogP contribution is 2.29. The van der Waals surface area contributed by atoms with Crippen LogP contribution in [0.2, 0.25) is 5.02 Å². The lowest BCUT2D eigenvalue weighted by Crippen LogP contribution is -2.19. The van der Waals surface area contributed by atoms with Gasteiger partial charge in [0.1, 0.15) is 10.8 Å². The second kappa shape index (κ2) is 7.96. The minimum Gasteiger partial charge on any atom is -0.494 e. The van der Waals surface area contributed by atoms with Crippen molar-refractivity contribution in [3.8, 4) is 16.3 Å². The highest BCUT2D eigenvalue weighted by atomic mass is 35.5. The normalized spacial score (nSPS) is 10.3. The number of carbonyl (C=O) groups is 1. The quantitative estimate of drug-likeness (QED) is 0.665. The summed E-state index contributed by atoms with van der Waals surface area (Å²) >= 11 is 7.10. The zero-order valence-electron chi connectivity index (χ0n) is 13.3. The van der Waals surface area contributed by atoms with E-state index in [-0.39, 0.29) is 0 Å². The predicted octanol–water partition coefficient (Wildman–Crippen LogP) is 4.90. The number of hydrogen-bond acceptors (Lipinski definition) is 5. The fourth-order valence-electron chi connectivity index (χ4n) is 2.07. The summed E-state index contributed by atoms with van der Waals surface area (Å²) in [6.07, 6.45) is 0. The number of nitrogens with one attached hydrogen (secondary N) is 2. The molecule has 6 nitrogen and oxygen atoms in total. The summed E-state index contributed by atoms with van der Waals surface area (Å²) in [6, 6.07) is 14.0. The van der Waals surface area contributed by atoms with Crippen LogP contribution in [-0.2, 0) is 0 Å². The summed E-state index contributed by atoms with van der Waals surface area (Å²) in [5, 5.41) is 15.2. The smallest absolute Gasteiger partial charge is 0.325 e. The van der Waals surface area contributed by atoms with E-state index in [9.17, 15) is 4.79 Å². The van der Waals surface area contributed by atoms with Gasteiger partial charge in [0.15, 0.2) is 0 Å². The minimum absolute atomic E-state index is 0.395. The van der Waals surface area contributed by atoms with Gasteiger partial charge in [0, 0.05) is 16.3 Å². The zero-order valence-corrected chi connectivity index (χ0v) is 14.9. The molecule has 0 fully saturated rings. The second-order valence-electron chi connectivity index (χ2n) is 4.96. The molecule has 0 saturated heterocycles. The molecule has 0 saturated carbocycles. The highest BCUT2D eigenvalue weighted by molar-refractivity contribution is 7.18. The van der Waals surface area contributed by atoms with Crippen molar-refractivity contribution in [2.75, 3.05) is 17.2 Å². The van der Waals surface area contributed by atoms with E-state index in [4.69, 9.17) is 16.3 Å². The number of hydrogen-bond donors (Lipinski definition) is 2. The van der Waals surface area contributed by atoms with Gasteiger partial charge in [-0.25, -0.2) is 4.79 Å². The maximum atomic E-state index is 12.0. The molecule has 0 bridgehead atoms. The fourth-order valence-corrected chi connectivity index (χ4v) is 2.93. The average Bonchev–Trinajstić information content (AvgIpc) is 3.06. The van der Waals surface area contributed by atoms with Crippen molar-refractivity contribution in [3.05, 3.63) is 53.6 Å². The molecule has 25 heavy (non-hydrogen) atoms. The van der Waals surface area contributed by atoms with E-state index in [0.29, 0.717) is 27.5 Å². The Morgan fingerprint density at radius 1 is 1.16 bits per heavy atom. The van der Waals surface area contributed by atoms with Crippen LogP contribution in [0.5, 0.6) is 5.75 Å². The molecule has 0 spiro atoms. The van der Waals surface area contributed by atoms with Crippen LogP contribution in [-0.4, -0.2) is 22.8 Å². The number of aromatic nitrogens is 2. The minimum atomic E-state index is -0.395. The number of urea groups is 1. The molecule has 8 heteroatoms. The van der Waals surface area contributed by atoms with Crippen LogP contribution in [0, 0.1) is 0 Å². The summed E-state index contributed by atoms with van der Waals surface area (Å²) in [5.41, 5.74) is 1.52. The molecule has 3 aromatic rings. The lowest BCUT2D eigenvalue weighted by molar-refractivity contribution is 0.262. The number of anilines is 2. The Balaban J connectivity index is 1.66. The third kappa shape index (κ3) is 4.68. The summed E-state index contributed by atoms with van der Waals surface area (Å²) in [6.45, 7) is 2.52. The molecule has 0 unspecified atom stereocenters. The Bertz CT molecular complexity index is 867. The van der Waals surface area contributed by atoms with Crippen molar-refractivity contribution in [1.29, 1.82) is 0 Å².